The van der Waals surface area contributed by atoms with Gasteiger partial charge in [0.1, 0.15) is 5.56 Å². The standard InChI is InChI=1S/C24H29N3O4/c1-2-6-21(29)26-12-11-18-17(14-26)15-27(13-16-7-4-3-5-8-16)24(31)22(18)23(30)25-19-9-10-20(19)28/h3-5,7-8,15,19-20,28H,2,6,9-14H2,1H3,(H,25,30)/t19-,20-/m0/s1. The quantitative estimate of drug-likeness (QED) is 0.742. The lowest BCUT2D eigenvalue weighted by Gasteiger charge is -2.34. The highest BCUT2D eigenvalue weighted by Crippen LogP contribution is 2.24. The first-order valence-electron chi connectivity index (χ1n) is 11.0. The van der Waals surface area contributed by atoms with Gasteiger partial charge in [0.25, 0.3) is 11.5 Å². The van der Waals surface area contributed by atoms with E-state index in [0.717, 1.165) is 23.1 Å². The van der Waals surface area contributed by atoms with Crippen LogP contribution in [0.25, 0.3) is 0 Å². The zero-order valence-electron chi connectivity index (χ0n) is 17.8. The van der Waals surface area contributed by atoms with E-state index in [1.54, 1.807) is 15.7 Å². The maximum absolute atomic E-state index is 13.3. The first-order valence-corrected chi connectivity index (χ1v) is 11.0. The molecule has 2 aromatic rings. The van der Waals surface area contributed by atoms with Gasteiger partial charge in [-0.05, 0) is 42.4 Å². The summed E-state index contributed by atoms with van der Waals surface area (Å²) in [7, 11) is 0. The summed E-state index contributed by atoms with van der Waals surface area (Å²) >= 11 is 0. The summed E-state index contributed by atoms with van der Waals surface area (Å²) in [5, 5.41) is 12.7. The number of nitrogens with zero attached hydrogens (tertiary/aromatic N) is 2. The molecule has 2 aliphatic rings. The van der Waals surface area contributed by atoms with Crippen LogP contribution in [-0.4, -0.2) is 45.1 Å². The predicted molar refractivity (Wildman–Crippen MR) is 117 cm³/mol. The minimum Gasteiger partial charge on any atom is -0.391 e. The van der Waals surface area contributed by atoms with E-state index in [4.69, 9.17) is 0 Å². The van der Waals surface area contributed by atoms with E-state index >= 15 is 0 Å². The first kappa shape index (κ1) is 21.3. The van der Waals surface area contributed by atoms with Crippen molar-refractivity contribution in [1.29, 1.82) is 0 Å². The van der Waals surface area contributed by atoms with Crippen LogP contribution in [0.15, 0.2) is 41.3 Å². The Bertz CT molecular complexity index is 1030. The molecule has 1 aliphatic carbocycles. The Labute approximate surface area is 181 Å². The van der Waals surface area contributed by atoms with Crippen LogP contribution in [0.1, 0.15) is 59.7 Å². The number of carbonyl (C=O) groups is 2. The highest BCUT2D eigenvalue weighted by molar-refractivity contribution is 5.96. The van der Waals surface area contributed by atoms with E-state index in [1.165, 1.54) is 0 Å². The lowest BCUT2D eigenvalue weighted by Crippen LogP contribution is -2.52. The van der Waals surface area contributed by atoms with Crippen molar-refractivity contribution in [3.05, 3.63) is 69.1 Å². The molecule has 0 spiro atoms. The molecule has 4 rings (SSSR count). The smallest absolute Gasteiger partial charge is 0.264 e. The number of amides is 2. The average molecular weight is 424 g/mol. The molecule has 7 nitrogen and oxygen atoms in total. The number of nitrogens with one attached hydrogen (secondary N) is 1. The van der Waals surface area contributed by atoms with Gasteiger partial charge in [-0.1, -0.05) is 37.3 Å². The van der Waals surface area contributed by atoms with Crippen LogP contribution in [0.3, 0.4) is 0 Å². The van der Waals surface area contributed by atoms with Crippen molar-refractivity contribution in [3.63, 3.8) is 0 Å². The monoisotopic (exact) mass is 423 g/mol. The number of aliphatic hydroxyl groups is 1. The van der Waals surface area contributed by atoms with Crippen LogP contribution in [0.4, 0.5) is 0 Å². The Hall–Kier alpha value is -2.93. The molecule has 0 saturated heterocycles. The number of benzene rings is 1. The van der Waals surface area contributed by atoms with Crippen LogP contribution in [0, 0.1) is 0 Å². The summed E-state index contributed by atoms with van der Waals surface area (Å²) in [4.78, 5) is 40.7. The second-order valence-corrected chi connectivity index (χ2v) is 8.47. The maximum atomic E-state index is 13.3. The summed E-state index contributed by atoms with van der Waals surface area (Å²) in [6.45, 7) is 3.22. The van der Waals surface area contributed by atoms with E-state index in [2.05, 4.69) is 5.32 Å². The fourth-order valence-corrected chi connectivity index (χ4v) is 4.32. The molecule has 2 atom stereocenters. The Morgan fingerprint density at radius 3 is 2.61 bits per heavy atom. The van der Waals surface area contributed by atoms with Crippen molar-refractivity contribution < 1.29 is 14.7 Å². The minimum atomic E-state index is -0.558. The minimum absolute atomic E-state index is 0.0950. The predicted octanol–water partition coefficient (Wildman–Crippen LogP) is 1.83. The molecule has 1 aromatic heterocycles. The highest BCUT2D eigenvalue weighted by Gasteiger charge is 2.33. The molecule has 1 aromatic carbocycles. The van der Waals surface area contributed by atoms with Gasteiger partial charge in [-0.15, -0.1) is 0 Å². The molecule has 1 fully saturated rings. The van der Waals surface area contributed by atoms with Crippen molar-refractivity contribution >= 4 is 11.8 Å². The fraction of sp³-hybridized carbons (Fsp3) is 0.458. The topological polar surface area (TPSA) is 91.6 Å². The molecule has 0 bridgehead atoms. The van der Waals surface area contributed by atoms with Gasteiger partial charge >= 0.3 is 0 Å². The lowest BCUT2D eigenvalue weighted by molar-refractivity contribution is -0.132. The largest absolute Gasteiger partial charge is 0.391 e. The second-order valence-electron chi connectivity index (χ2n) is 8.47. The second kappa shape index (κ2) is 9.06. The zero-order chi connectivity index (χ0) is 22.0. The van der Waals surface area contributed by atoms with Crippen LogP contribution >= 0.6 is 0 Å². The summed E-state index contributed by atoms with van der Waals surface area (Å²) in [6.07, 6.45) is 4.35. The van der Waals surface area contributed by atoms with E-state index in [-0.39, 0.29) is 23.1 Å². The van der Waals surface area contributed by atoms with E-state index in [9.17, 15) is 19.5 Å². The fourth-order valence-electron chi connectivity index (χ4n) is 4.32. The van der Waals surface area contributed by atoms with Crippen molar-refractivity contribution in [1.82, 2.24) is 14.8 Å². The number of aromatic nitrogens is 1. The third kappa shape index (κ3) is 4.42. The Morgan fingerprint density at radius 2 is 1.97 bits per heavy atom. The Morgan fingerprint density at radius 1 is 1.19 bits per heavy atom. The van der Waals surface area contributed by atoms with E-state index in [0.29, 0.717) is 45.3 Å². The number of pyridine rings is 1. The molecule has 2 N–H and O–H groups in total. The highest BCUT2D eigenvalue weighted by atomic mass is 16.3. The molecule has 2 amide bonds. The first-order chi connectivity index (χ1) is 15.0. The van der Waals surface area contributed by atoms with Gasteiger partial charge in [0.05, 0.1) is 18.7 Å². The Balaban J connectivity index is 1.71. The summed E-state index contributed by atoms with van der Waals surface area (Å²) in [6, 6.07) is 9.31. The van der Waals surface area contributed by atoms with Gasteiger partial charge in [-0.25, -0.2) is 0 Å². The molecule has 0 radical (unpaired) electrons. The Kier molecular flexibility index (Phi) is 6.23. The third-order valence-corrected chi connectivity index (χ3v) is 6.26. The van der Waals surface area contributed by atoms with Crippen molar-refractivity contribution in [2.24, 2.45) is 0 Å². The van der Waals surface area contributed by atoms with Crippen LogP contribution < -0.4 is 10.9 Å². The van der Waals surface area contributed by atoms with Gasteiger partial charge in [0.2, 0.25) is 5.91 Å². The van der Waals surface area contributed by atoms with Crippen molar-refractivity contribution in [2.45, 2.75) is 64.3 Å². The number of hydrogen-bond donors (Lipinski definition) is 2. The van der Waals surface area contributed by atoms with Gasteiger partial charge in [0.15, 0.2) is 0 Å². The van der Waals surface area contributed by atoms with E-state index < -0.39 is 12.0 Å². The SMILES string of the molecule is CCCC(=O)N1CCc2c(cn(Cc3ccccc3)c(=O)c2C(=O)N[C@H]2CC[C@@H]2O)C1. The molecule has 0 unspecified atom stereocenters. The third-order valence-electron chi connectivity index (χ3n) is 6.26. The number of hydrogen-bond acceptors (Lipinski definition) is 4. The summed E-state index contributed by atoms with van der Waals surface area (Å²) in [5.41, 5.74) is 2.34. The van der Waals surface area contributed by atoms with Crippen molar-refractivity contribution in [3.8, 4) is 0 Å². The van der Waals surface area contributed by atoms with E-state index in [1.807, 2.05) is 37.3 Å². The number of aliphatic hydroxyl groups excluding tert-OH is 1. The van der Waals surface area contributed by atoms with Crippen LogP contribution in [-0.2, 0) is 24.3 Å². The molecule has 1 aliphatic heterocycles. The van der Waals surface area contributed by atoms with Crippen molar-refractivity contribution in [2.75, 3.05) is 6.54 Å². The average Bonchev–Trinajstić information content (AvgIpc) is 2.77. The molecular formula is C24H29N3O4. The summed E-state index contributed by atoms with van der Waals surface area (Å²) in [5.74, 6) is -0.335. The lowest BCUT2D eigenvalue weighted by atomic mass is 9.88. The number of rotatable bonds is 6. The van der Waals surface area contributed by atoms with Gasteiger partial charge < -0.3 is 19.9 Å². The molecule has 31 heavy (non-hydrogen) atoms. The maximum Gasteiger partial charge on any atom is 0.264 e. The molecule has 164 valence electrons. The van der Waals surface area contributed by atoms with Crippen LogP contribution in [0.5, 0.6) is 0 Å². The summed E-state index contributed by atoms with van der Waals surface area (Å²) < 4.78 is 1.56. The van der Waals surface area contributed by atoms with Gasteiger partial charge in [0, 0.05) is 25.7 Å². The molecule has 2 heterocycles. The van der Waals surface area contributed by atoms with Gasteiger partial charge in [-0.3, -0.25) is 14.4 Å². The zero-order valence-corrected chi connectivity index (χ0v) is 17.8. The number of fused-ring (bicyclic) bond motifs is 1. The molecule has 7 heteroatoms. The molecule has 1 saturated carbocycles. The molecular weight excluding hydrogens is 394 g/mol. The number of carbonyl (C=O) groups excluding carboxylic acids is 2. The normalized spacial score (nSPS) is 20.0. The van der Waals surface area contributed by atoms with Crippen LogP contribution in [0.2, 0.25) is 0 Å². The van der Waals surface area contributed by atoms with Gasteiger partial charge in [-0.2, -0.15) is 0 Å².